The molecule has 2 aromatic rings. The van der Waals surface area contributed by atoms with E-state index in [2.05, 4.69) is 59.4 Å². The van der Waals surface area contributed by atoms with Crippen molar-refractivity contribution in [3.63, 3.8) is 0 Å². The summed E-state index contributed by atoms with van der Waals surface area (Å²) in [4.78, 5) is 1.32. The number of benzene rings is 1. The van der Waals surface area contributed by atoms with Gasteiger partial charge in [-0.15, -0.1) is 11.3 Å². The molecule has 1 aromatic carbocycles. The summed E-state index contributed by atoms with van der Waals surface area (Å²) in [6, 6.07) is 8.58. The first-order valence-corrected chi connectivity index (χ1v) is 7.30. The average molecular weight is 310 g/mol. The van der Waals surface area contributed by atoms with E-state index in [1.54, 1.807) is 11.3 Å². The summed E-state index contributed by atoms with van der Waals surface area (Å²) < 4.78 is 1.14. The van der Waals surface area contributed by atoms with Gasteiger partial charge in [0.15, 0.2) is 0 Å². The van der Waals surface area contributed by atoms with Crippen LogP contribution in [-0.4, -0.2) is 0 Å². The highest BCUT2D eigenvalue weighted by Crippen LogP contribution is 2.26. The molecular formula is C14H16BrNS. The first kappa shape index (κ1) is 12.8. The predicted molar refractivity (Wildman–Crippen MR) is 78.6 cm³/mol. The van der Waals surface area contributed by atoms with E-state index in [1.807, 2.05) is 0 Å². The minimum absolute atomic E-state index is 0.0837. The van der Waals surface area contributed by atoms with Crippen molar-refractivity contribution in [3.05, 3.63) is 55.7 Å². The third-order valence-electron chi connectivity index (χ3n) is 3.09. The molecule has 1 atom stereocenters. The van der Waals surface area contributed by atoms with E-state index in [0.29, 0.717) is 0 Å². The molecule has 2 N–H and O–H groups in total. The Hall–Kier alpha value is -0.640. The number of aryl methyl sites for hydroxylation is 1. The maximum Gasteiger partial charge on any atom is 0.0346 e. The minimum atomic E-state index is 0.0837. The maximum absolute atomic E-state index is 6.30. The highest BCUT2D eigenvalue weighted by Gasteiger charge is 2.11. The zero-order valence-corrected chi connectivity index (χ0v) is 12.4. The van der Waals surface area contributed by atoms with Gasteiger partial charge in [-0.1, -0.05) is 18.2 Å². The van der Waals surface area contributed by atoms with Crippen LogP contribution in [0, 0.1) is 13.8 Å². The smallest absolute Gasteiger partial charge is 0.0346 e. The lowest BCUT2D eigenvalue weighted by Gasteiger charge is -2.15. The molecule has 0 fully saturated rings. The summed E-state index contributed by atoms with van der Waals surface area (Å²) in [6.45, 7) is 4.28. The summed E-state index contributed by atoms with van der Waals surface area (Å²) >= 11 is 5.23. The van der Waals surface area contributed by atoms with Crippen molar-refractivity contribution >= 4 is 27.3 Å². The van der Waals surface area contributed by atoms with Crippen molar-refractivity contribution in [2.24, 2.45) is 5.73 Å². The first-order valence-electron chi connectivity index (χ1n) is 5.62. The van der Waals surface area contributed by atoms with Gasteiger partial charge in [0.1, 0.15) is 0 Å². The van der Waals surface area contributed by atoms with Crippen molar-refractivity contribution in [3.8, 4) is 0 Å². The summed E-state index contributed by atoms with van der Waals surface area (Å²) in [7, 11) is 0. The van der Waals surface area contributed by atoms with E-state index in [0.717, 1.165) is 10.9 Å². The van der Waals surface area contributed by atoms with Crippen LogP contribution in [0.2, 0.25) is 0 Å². The van der Waals surface area contributed by atoms with Crippen molar-refractivity contribution in [1.29, 1.82) is 0 Å². The number of hydrogen-bond acceptors (Lipinski definition) is 2. The van der Waals surface area contributed by atoms with E-state index in [1.165, 1.54) is 21.6 Å². The van der Waals surface area contributed by atoms with Gasteiger partial charge in [-0.25, -0.2) is 0 Å². The van der Waals surface area contributed by atoms with Crippen LogP contribution in [0.25, 0.3) is 0 Å². The second kappa shape index (κ2) is 5.34. The molecule has 90 valence electrons. The molecule has 0 aliphatic carbocycles. The highest BCUT2D eigenvalue weighted by molar-refractivity contribution is 9.10. The highest BCUT2D eigenvalue weighted by atomic mass is 79.9. The summed E-state index contributed by atoms with van der Waals surface area (Å²) in [5, 5.41) is 2.10. The summed E-state index contributed by atoms with van der Waals surface area (Å²) in [5.74, 6) is 0. The maximum atomic E-state index is 6.30. The SMILES string of the molecule is Cc1cccc(C(N)Cc2cc(Br)cs2)c1C. The van der Waals surface area contributed by atoms with Crippen molar-refractivity contribution in [2.75, 3.05) is 0 Å². The summed E-state index contributed by atoms with van der Waals surface area (Å²) in [6.07, 6.45) is 0.903. The molecule has 1 heterocycles. The molecule has 0 aliphatic rings. The van der Waals surface area contributed by atoms with E-state index in [9.17, 15) is 0 Å². The molecule has 2 rings (SSSR count). The molecule has 0 spiro atoms. The Balaban J connectivity index is 2.20. The van der Waals surface area contributed by atoms with Gasteiger partial charge in [-0.05, 0) is 52.5 Å². The lowest BCUT2D eigenvalue weighted by atomic mass is 9.96. The molecule has 1 nitrogen and oxygen atoms in total. The molecule has 0 amide bonds. The van der Waals surface area contributed by atoms with Crippen LogP contribution >= 0.6 is 27.3 Å². The standard InChI is InChI=1S/C14H16BrNS/c1-9-4-3-5-13(10(9)2)14(16)7-12-6-11(15)8-17-12/h3-6,8,14H,7,16H2,1-2H3. The van der Waals surface area contributed by atoms with Crippen molar-refractivity contribution in [2.45, 2.75) is 26.3 Å². The molecule has 1 aromatic heterocycles. The zero-order valence-electron chi connectivity index (χ0n) is 10.0. The number of halogens is 1. The van der Waals surface area contributed by atoms with Gasteiger partial charge in [0.2, 0.25) is 0 Å². The van der Waals surface area contributed by atoms with Crippen molar-refractivity contribution in [1.82, 2.24) is 0 Å². The molecular weight excluding hydrogens is 294 g/mol. The van der Waals surface area contributed by atoms with Crippen LogP contribution in [0.15, 0.2) is 34.1 Å². The van der Waals surface area contributed by atoms with Crippen LogP contribution in [0.1, 0.15) is 27.6 Å². The summed E-state index contributed by atoms with van der Waals surface area (Å²) in [5.41, 5.74) is 10.2. The molecule has 0 aliphatic heterocycles. The molecule has 1 unspecified atom stereocenters. The number of hydrogen-bond donors (Lipinski definition) is 1. The fraction of sp³-hybridized carbons (Fsp3) is 0.286. The van der Waals surface area contributed by atoms with Gasteiger partial charge in [0.25, 0.3) is 0 Å². The van der Waals surface area contributed by atoms with E-state index >= 15 is 0 Å². The number of rotatable bonds is 3. The average Bonchev–Trinajstić information content (AvgIpc) is 2.68. The van der Waals surface area contributed by atoms with E-state index < -0.39 is 0 Å². The molecule has 3 heteroatoms. The topological polar surface area (TPSA) is 26.0 Å². The Morgan fingerprint density at radius 2 is 2.12 bits per heavy atom. The van der Waals surface area contributed by atoms with Crippen LogP contribution in [-0.2, 0) is 6.42 Å². The van der Waals surface area contributed by atoms with Crippen LogP contribution in [0.5, 0.6) is 0 Å². The van der Waals surface area contributed by atoms with Gasteiger partial charge in [0.05, 0.1) is 0 Å². The van der Waals surface area contributed by atoms with Gasteiger partial charge in [0, 0.05) is 27.2 Å². The first-order chi connectivity index (χ1) is 8.08. The molecule has 0 saturated heterocycles. The van der Waals surface area contributed by atoms with Gasteiger partial charge >= 0.3 is 0 Å². The molecule has 0 bridgehead atoms. The fourth-order valence-corrected chi connectivity index (χ4v) is 3.47. The van der Waals surface area contributed by atoms with E-state index in [-0.39, 0.29) is 6.04 Å². The quantitative estimate of drug-likeness (QED) is 0.895. The number of nitrogens with two attached hydrogens (primary N) is 1. The Kier molecular flexibility index (Phi) is 4.02. The third-order valence-corrected chi connectivity index (χ3v) is 4.81. The molecule has 0 radical (unpaired) electrons. The third kappa shape index (κ3) is 2.97. The fourth-order valence-electron chi connectivity index (χ4n) is 1.96. The number of thiophene rings is 1. The second-order valence-electron chi connectivity index (χ2n) is 4.33. The van der Waals surface area contributed by atoms with Crippen LogP contribution < -0.4 is 5.73 Å². The Labute approximate surface area is 115 Å². The van der Waals surface area contributed by atoms with Crippen LogP contribution in [0.4, 0.5) is 0 Å². The normalized spacial score (nSPS) is 12.7. The molecule has 17 heavy (non-hydrogen) atoms. The Morgan fingerprint density at radius 1 is 1.35 bits per heavy atom. The Bertz CT molecular complexity index is 519. The van der Waals surface area contributed by atoms with Crippen molar-refractivity contribution < 1.29 is 0 Å². The Morgan fingerprint density at radius 3 is 2.76 bits per heavy atom. The lowest BCUT2D eigenvalue weighted by molar-refractivity contribution is 0.723. The largest absolute Gasteiger partial charge is 0.324 e. The van der Waals surface area contributed by atoms with Crippen LogP contribution in [0.3, 0.4) is 0 Å². The lowest BCUT2D eigenvalue weighted by Crippen LogP contribution is -2.14. The van der Waals surface area contributed by atoms with Gasteiger partial charge < -0.3 is 5.73 Å². The van der Waals surface area contributed by atoms with E-state index in [4.69, 9.17) is 5.73 Å². The monoisotopic (exact) mass is 309 g/mol. The van der Waals surface area contributed by atoms with Gasteiger partial charge in [-0.2, -0.15) is 0 Å². The minimum Gasteiger partial charge on any atom is -0.324 e. The second-order valence-corrected chi connectivity index (χ2v) is 6.24. The zero-order chi connectivity index (χ0) is 12.4. The van der Waals surface area contributed by atoms with Gasteiger partial charge in [-0.3, -0.25) is 0 Å². The predicted octanol–water partition coefficient (Wildman–Crippen LogP) is 4.37. The molecule has 0 saturated carbocycles.